The number of carbonyl (C=O) groups excluding carboxylic acids is 1. The Labute approximate surface area is 200 Å². The van der Waals surface area contributed by atoms with Crippen molar-refractivity contribution in [3.05, 3.63) is 94.0 Å². The zero-order chi connectivity index (χ0) is 23.2. The van der Waals surface area contributed by atoms with Crippen molar-refractivity contribution >= 4 is 17.5 Å². The van der Waals surface area contributed by atoms with Crippen LogP contribution in [0.1, 0.15) is 39.4 Å². The van der Waals surface area contributed by atoms with E-state index >= 15 is 0 Å². The molecule has 0 bridgehead atoms. The Morgan fingerprint density at radius 2 is 1.79 bits per heavy atom. The Morgan fingerprint density at radius 3 is 2.55 bits per heavy atom. The lowest BCUT2D eigenvalue weighted by atomic mass is 9.96. The summed E-state index contributed by atoms with van der Waals surface area (Å²) < 4.78 is 10.8. The summed E-state index contributed by atoms with van der Waals surface area (Å²) in [6.07, 6.45) is 1.12. The van der Waals surface area contributed by atoms with Crippen molar-refractivity contribution in [2.24, 2.45) is 0 Å². The molecule has 3 aromatic rings. The highest BCUT2D eigenvalue weighted by Gasteiger charge is 2.24. The van der Waals surface area contributed by atoms with Crippen LogP contribution in [-0.2, 0) is 13.1 Å². The van der Waals surface area contributed by atoms with Gasteiger partial charge in [0.05, 0.1) is 14.2 Å². The maximum absolute atomic E-state index is 12.4. The van der Waals surface area contributed by atoms with E-state index in [0.717, 1.165) is 43.1 Å². The standard InChI is InChI=1S/C27H29ClN2O3/c1-32-25-11-6-20(15-26(25)33-2)17-30-13-12-23(18-30)22-5-3-4-19(14-22)16-29-27(31)21-7-9-24(28)10-8-21/h3-11,14-15,23H,12-13,16-18H2,1-2H3,(H,29,31). The molecule has 3 aromatic carbocycles. The number of carbonyl (C=O) groups is 1. The van der Waals surface area contributed by atoms with Crippen LogP contribution in [0.3, 0.4) is 0 Å². The fraction of sp³-hybridized carbons (Fsp3) is 0.296. The van der Waals surface area contributed by atoms with E-state index in [1.807, 2.05) is 6.07 Å². The highest BCUT2D eigenvalue weighted by molar-refractivity contribution is 6.30. The third-order valence-electron chi connectivity index (χ3n) is 6.11. The van der Waals surface area contributed by atoms with E-state index in [2.05, 4.69) is 46.6 Å². The van der Waals surface area contributed by atoms with E-state index in [1.54, 1.807) is 38.5 Å². The van der Waals surface area contributed by atoms with Crippen LogP contribution in [0.4, 0.5) is 0 Å². The van der Waals surface area contributed by atoms with E-state index in [0.29, 0.717) is 23.0 Å². The Bertz CT molecular complexity index is 1100. The highest BCUT2D eigenvalue weighted by Crippen LogP contribution is 2.31. The third kappa shape index (κ3) is 5.86. The van der Waals surface area contributed by atoms with Gasteiger partial charge in [-0.15, -0.1) is 0 Å². The summed E-state index contributed by atoms with van der Waals surface area (Å²) in [7, 11) is 3.32. The summed E-state index contributed by atoms with van der Waals surface area (Å²) in [5, 5.41) is 3.62. The minimum absolute atomic E-state index is 0.0981. The first kappa shape index (κ1) is 23.1. The van der Waals surface area contributed by atoms with Gasteiger partial charge in [0.2, 0.25) is 0 Å². The maximum Gasteiger partial charge on any atom is 0.251 e. The van der Waals surface area contributed by atoms with Gasteiger partial charge in [-0.3, -0.25) is 9.69 Å². The van der Waals surface area contributed by atoms with Gasteiger partial charge in [-0.25, -0.2) is 0 Å². The van der Waals surface area contributed by atoms with Gasteiger partial charge in [-0.2, -0.15) is 0 Å². The smallest absolute Gasteiger partial charge is 0.251 e. The maximum atomic E-state index is 12.4. The second kappa shape index (κ2) is 10.7. The molecule has 0 spiro atoms. The summed E-state index contributed by atoms with van der Waals surface area (Å²) >= 11 is 5.90. The van der Waals surface area contributed by atoms with Gasteiger partial charge in [0.25, 0.3) is 5.91 Å². The molecule has 1 saturated heterocycles. The molecule has 4 rings (SSSR count). The van der Waals surface area contributed by atoms with Crippen LogP contribution in [0, 0.1) is 0 Å². The SMILES string of the molecule is COc1ccc(CN2CCC(c3cccc(CNC(=O)c4ccc(Cl)cc4)c3)C2)cc1OC. The molecule has 172 valence electrons. The minimum atomic E-state index is -0.0981. The Balaban J connectivity index is 1.34. The zero-order valence-corrected chi connectivity index (χ0v) is 19.8. The fourth-order valence-electron chi connectivity index (χ4n) is 4.33. The molecule has 1 fully saturated rings. The van der Waals surface area contributed by atoms with Gasteiger partial charge < -0.3 is 14.8 Å². The molecule has 5 nitrogen and oxygen atoms in total. The van der Waals surface area contributed by atoms with E-state index in [4.69, 9.17) is 21.1 Å². The predicted molar refractivity (Wildman–Crippen MR) is 131 cm³/mol. The van der Waals surface area contributed by atoms with Crippen molar-refractivity contribution < 1.29 is 14.3 Å². The fourth-order valence-corrected chi connectivity index (χ4v) is 4.45. The Hall–Kier alpha value is -3.02. The molecule has 1 amide bonds. The van der Waals surface area contributed by atoms with Crippen LogP contribution >= 0.6 is 11.6 Å². The topological polar surface area (TPSA) is 50.8 Å². The molecule has 33 heavy (non-hydrogen) atoms. The molecule has 1 aliphatic heterocycles. The lowest BCUT2D eigenvalue weighted by Gasteiger charge is -2.18. The number of methoxy groups -OCH3 is 2. The number of rotatable bonds is 8. The van der Waals surface area contributed by atoms with Crippen LogP contribution < -0.4 is 14.8 Å². The number of nitrogens with zero attached hydrogens (tertiary/aromatic N) is 1. The molecule has 0 radical (unpaired) electrons. The molecule has 1 heterocycles. The molecule has 6 heteroatoms. The van der Waals surface area contributed by atoms with Crippen LogP contribution in [0.15, 0.2) is 66.7 Å². The first-order chi connectivity index (χ1) is 16.1. The van der Waals surface area contributed by atoms with Crippen molar-refractivity contribution in [2.45, 2.75) is 25.4 Å². The van der Waals surface area contributed by atoms with E-state index < -0.39 is 0 Å². The number of halogens is 1. The number of nitrogens with one attached hydrogen (secondary N) is 1. The Kier molecular flexibility index (Phi) is 7.53. The average Bonchev–Trinajstić information content (AvgIpc) is 3.31. The summed E-state index contributed by atoms with van der Waals surface area (Å²) in [6, 6.07) is 21.6. The lowest BCUT2D eigenvalue weighted by Crippen LogP contribution is -2.22. The van der Waals surface area contributed by atoms with Gasteiger partial charge in [0.1, 0.15) is 0 Å². The second-order valence-corrected chi connectivity index (χ2v) is 8.78. The van der Waals surface area contributed by atoms with E-state index in [-0.39, 0.29) is 5.91 Å². The number of benzene rings is 3. The molecule has 1 atom stereocenters. The first-order valence-corrected chi connectivity index (χ1v) is 11.5. The summed E-state index contributed by atoms with van der Waals surface area (Å²) in [6.45, 7) is 3.44. The van der Waals surface area contributed by atoms with Crippen molar-refractivity contribution in [1.29, 1.82) is 0 Å². The van der Waals surface area contributed by atoms with Crippen LogP contribution in [0.5, 0.6) is 11.5 Å². The molecule has 0 aromatic heterocycles. The quantitative estimate of drug-likeness (QED) is 0.493. The minimum Gasteiger partial charge on any atom is -0.493 e. The number of ether oxygens (including phenoxy) is 2. The molecular formula is C27H29ClN2O3. The van der Waals surface area contributed by atoms with Crippen molar-refractivity contribution in [2.75, 3.05) is 27.3 Å². The molecule has 0 aliphatic carbocycles. The van der Waals surface area contributed by atoms with Gasteiger partial charge in [0.15, 0.2) is 11.5 Å². The molecule has 0 saturated carbocycles. The zero-order valence-electron chi connectivity index (χ0n) is 19.0. The van der Waals surface area contributed by atoms with Gasteiger partial charge >= 0.3 is 0 Å². The first-order valence-electron chi connectivity index (χ1n) is 11.1. The molecular weight excluding hydrogens is 436 g/mol. The van der Waals surface area contributed by atoms with Gasteiger partial charge in [-0.05, 0) is 72.0 Å². The van der Waals surface area contributed by atoms with Crippen molar-refractivity contribution in [1.82, 2.24) is 10.2 Å². The summed E-state index contributed by atoms with van der Waals surface area (Å²) in [5.41, 5.74) is 4.25. The lowest BCUT2D eigenvalue weighted by molar-refractivity contribution is 0.0951. The van der Waals surface area contributed by atoms with Gasteiger partial charge in [0, 0.05) is 30.2 Å². The number of hydrogen-bond donors (Lipinski definition) is 1. The third-order valence-corrected chi connectivity index (χ3v) is 6.36. The van der Waals surface area contributed by atoms with E-state index in [1.165, 1.54) is 11.1 Å². The van der Waals surface area contributed by atoms with E-state index in [9.17, 15) is 4.79 Å². The van der Waals surface area contributed by atoms with Crippen LogP contribution in [-0.4, -0.2) is 38.1 Å². The average molecular weight is 465 g/mol. The highest BCUT2D eigenvalue weighted by atomic mass is 35.5. The molecule has 1 unspecified atom stereocenters. The predicted octanol–water partition coefficient (Wildman–Crippen LogP) is 5.28. The van der Waals surface area contributed by atoms with Crippen molar-refractivity contribution in [3.8, 4) is 11.5 Å². The summed E-state index contributed by atoms with van der Waals surface area (Å²) in [4.78, 5) is 14.9. The molecule has 1 N–H and O–H groups in total. The Morgan fingerprint density at radius 1 is 1.00 bits per heavy atom. The molecule has 1 aliphatic rings. The van der Waals surface area contributed by atoms with Crippen molar-refractivity contribution in [3.63, 3.8) is 0 Å². The van der Waals surface area contributed by atoms with Crippen LogP contribution in [0.2, 0.25) is 5.02 Å². The largest absolute Gasteiger partial charge is 0.493 e. The van der Waals surface area contributed by atoms with Gasteiger partial charge in [-0.1, -0.05) is 41.9 Å². The second-order valence-electron chi connectivity index (χ2n) is 8.34. The normalized spacial score (nSPS) is 15.9. The monoisotopic (exact) mass is 464 g/mol. The number of hydrogen-bond acceptors (Lipinski definition) is 4. The number of amides is 1. The summed E-state index contributed by atoms with van der Waals surface area (Å²) in [5.74, 6) is 1.90. The number of likely N-dealkylation sites (tertiary alicyclic amines) is 1. The van der Waals surface area contributed by atoms with Crippen LogP contribution in [0.25, 0.3) is 0 Å².